The van der Waals surface area contributed by atoms with Gasteiger partial charge in [-0.15, -0.1) is 0 Å². The van der Waals surface area contributed by atoms with Crippen molar-refractivity contribution in [2.75, 3.05) is 13.1 Å². The van der Waals surface area contributed by atoms with E-state index < -0.39 is 17.6 Å². The zero-order valence-electron chi connectivity index (χ0n) is 11.0. The average Bonchev–Trinajstić information content (AvgIpc) is 2.33. The van der Waals surface area contributed by atoms with Crippen molar-refractivity contribution in [3.05, 3.63) is 35.1 Å². The lowest BCUT2D eigenvalue weighted by Gasteiger charge is -2.10. The molecule has 1 aromatic carbocycles. The number of amides is 1. The molecule has 1 aromatic rings. The van der Waals surface area contributed by atoms with Gasteiger partial charge in [-0.05, 0) is 30.7 Å². The highest BCUT2D eigenvalue weighted by atomic mass is 19.4. The minimum absolute atomic E-state index is 0.0697. The van der Waals surface area contributed by atoms with Gasteiger partial charge in [-0.25, -0.2) is 4.39 Å². The Morgan fingerprint density at radius 1 is 1.25 bits per heavy atom. The number of hydrogen-bond acceptors (Lipinski definition) is 2. The van der Waals surface area contributed by atoms with Crippen LogP contribution in [0, 0.1) is 5.82 Å². The van der Waals surface area contributed by atoms with Crippen molar-refractivity contribution in [2.45, 2.75) is 26.1 Å². The zero-order valence-corrected chi connectivity index (χ0v) is 11.0. The first-order valence-electron chi connectivity index (χ1n) is 6.17. The Hall–Kier alpha value is -1.63. The molecule has 20 heavy (non-hydrogen) atoms. The Morgan fingerprint density at radius 2 is 1.95 bits per heavy atom. The Balaban J connectivity index is 2.52. The van der Waals surface area contributed by atoms with Crippen LogP contribution in [0.3, 0.4) is 0 Å². The molecule has 0 heterocycles. The van der Waals surface area contributed by atoms with Crippen molar-refractivity contribution in [2.24, 2.45) is 0 Å². The molecule has 0 atom stereocenters. The molecule has 1 rings (SSSR count). The Bertz CT molecular complexity index is 460. The first kappa shape index (κ1) is 16.4. The normalized spacial score (nSPS) is 11.4. The van der Waals surface area contributed by atoms with Crippen LogP contribution >= 0.6 is 0 Å². The van der Waals surface area contributed by atoms with E-state index in [2.05, 4.69) is 10.6 Å². The highest BCUT2D eigenvalue weighted by molar-refractivity contribution is 5.75. The molecule has 1 amide bonds. The summed E-state index contributed by atoms with van der Waals surface area (Å²) in [6, 6.07) is 2.38. The number of hydrogen-bond donors (Lipinski definition) is 2. The summed E-state index contributed by atoms with van der Waals surface area (Å²) < 4.78 is 50.6. The van der Waals surface area contributed by atoms with Crippen molar-refractivity contribution in [1.29, 1.82) is 0 Å². The maximum Gasteiger partial charge on any atom is 0.416 e. The van der Waals surface area contributed by atoms with Crippen LogP contribution in [0.4, 0.5) is 17.6 Å². The number of nitrogens with one attached hydrogen (secondary N) is 2. The lowest BCUT2D eigenvalue weighted by molar-refractivity contribution is -0.137. The third kappa shape index (κ3) is 5.56. The second-order valence-electron chi connectivity index (χ2n) is 4.23. The van der Waals surface area contributed by atoms with Gasteiger partial charge in [0.15, 0.2) is 0 Å². The highest BCUT2D eigenvalue weighted by Gasteiger charge is 2.31. The van der Waals surface area contributed by atoms with E-state index in [9.17, 15) is 22.4 Å². The van der Waals surface area contributed by atoms with E-state index in [0.29, 0.717) is 19.2 Å². The number of halogens is 4. The van der Waals surface area contributed by atoms with Gasteiger partial charge in [-0.3, -0.25) is 4.79 Å². The molecule has 0 unspecified atom stereocenters. The molecule has 0 saturated heterocycles. The van der Waals surface area contributed by atoms with Crippen LogP contribution in [0.15, 0.2) is 18.2 Å². The van der Waals surface area contributed by atoms with Crippen molar-refractivity contribution in [3.8, 4) is 0 Å². The van der Waals surface area contributed by atoms with E-state index in [0.717, 1.165) is 12.1 Å². The SMILES string of the molecule is CCNC(=O)CCNCc1cc(F)cc(C(F)(F)F)c1. The molecule has 0 fully saturated rings. The fraction of sp³-hybridized carbons (Fsp3) is 0.462. The predicted octanol–water partition coefficient (Wildman–Crippen LogP) is 2.46. The average molecular weight is 292 g/mol. The minimum Gasteiger partial charge on any atom is -0.356 e. The number of alkyl halides is 3. The number of benzene rings is 1. The van der Waals surface area contributed by atoms with Crippen LogP contribution in [0.5, 0.6) is 0 Å². The molecule has 0 radical (unpaired) electrons. The Kier molecular flexibility index (Phi) is 5.94. The summed E-state index contributed by atoms with van der Waals surface area (Å²) in [4.78, 5) is 11.1. The van der Waals surface area contributed by atoms with Crippen LogP contribution in [-0.2, 0) is 17.5 Å². The monoisotopic (exact) mass is 292 g/mol. The van der Waals surface area contributed by atoms with E-state index >= 15 is 0 Å². The molecule has 7 heteroatoms. The zero-order chi connectivity index (χ0) is 15.2. The maximum atomic E-state index is 13.1. The number of carbonyl (C=O) groups is 1. The highest BCUT2D eigenvalue weighted by Crippen LogP contribution is 2.30. The molecule has 0 aliphatic carbocycles. The van der Waals surface area contributed by atoms with Gasteiger partial charge in [-0.2, -0.15) is 13.2 Å². The summed E-state index contributed by atoms with van der Waals surface area (Å²) in [7, 11) is 0. The van der Waals surface area contributed by atoms with E-state index in [1.54, 1.807) is 6.92 Å². The number of rotatable bonds is 6. The van der Waals surface area contributed by atoms with Crippen molar-refractivity contribution >= 4 is 5.91 Å². The van der Waals surface area contributed by atoms with Crippen molar-refractivity contribution in [1.82, 2.24) is 10.6 Å². The van der Waals surface area contributed by atoms with E-state index in [1.807, 2.05) is 0 Å². The fourth-order valence-electron chi connectivity index (χ4n) is 1.64. The quantitative estimate of drug-likeness (QED) is 0.624. The van der Waals surface area contributed by atoms with Gasteiger partial charge in [0.2, 0.25) is 5.91 Å². The lowest BCUT2D eigenvalue weighted by Crippen LogP contribution is -2.27. The Labute approximate surface area is 114 Å². The second-order valence-corrected chi connectivity index (χ2v) is 4.23. The molecule has 0 aliphatic rings. The second kappa shape index (κ2) is 7.23. The smallest absolute Gasteiger partial charge is 0.356 e. The first-order chi connectivity index (χ1) is 9.32. The van der Waals surface area contributed by atoms with Crippen molar-refractivity contribution < 1.29 is 22.4 Å². The predicted molar refractivity (Wildman–Crippen MR) is 66.4 cm³/mol. The fourth-order valence-corrected chi connectivity index (χ4v) is 1.64. The molecule has 0 bridgehead atoms. The minimum atomic E-state index is -4.57. The van der Waals surface area contributed by atoms with Gasteiger partial charge in [0.1, 0.15) is 5.82 Å². The summed E-state index contributed by atoms with van der Waals surface area (Å²) in [5.41, 5.74) is -0.828. The molecule has 0 aliphatic heterocycles. The van der Waals surface area contributed by atoms with Gasteiger partial charge in [0, 0.05) is 26.1 Å². The summed E-state index contributed by atoms with van der Waals surface area (Å²) in [5.74, 6) is -1.07. The molecule has 0 aromatic heterocycles. The summed E-state index contributed by atoms with van der Waals surface area (Å²) in [6.07, 6.45) is -4.35. The van der Waals surface area contributed by atoms with Crippen LogP contribution in [0.25, 0.3) is 0 Å². The van der Waals surface area contributed by atoms with Crippen LogP contribution in [0.1, 0.15) is 24.5 Å². The molecule has 0 spiro atoms. The third-order valence-electron chi connectivity index (χ3n) is 2.52. The van der Waals surface area contributed by atoms with Gasteiger partial charge in [-0.1, -0.05) is 0 Å². The largest absolute Gasteiger partial charge is 0.416 e. The van der Waals surface area contributed by atoms with E-state index in [1.165, 1.54) is 0 Å². The van der Waals surface area contributed by atoms with Crippen LogP contribution in [0.2, 0.25) is 0 Å². The summed E-state index contributed by atoms with van der Waals surface area (Å²) in [5, 5.41) is 5.40. The molecule has 3 nitrogen and oxygen atoms in total. The molecular weight excluding hydrogens is 276 g/mol. The van der Waals surface area contributed by atoms with E-state index in [4.69, 9.17) is 0 Å². The summed E-state index contributed by atoms with van der Waals surface area (Å²) in [6.45, 7) is 2.69. The third-order valence-corrected chi connectivity index (χ3v) is 2.52. The standard InChI is InChI=1S/C13H16F4N2O/c1-2-19-12(20)3-4-18-8-9-5-10(13(15,16)17)7-11(14)6-9/h5-7,18H,2-4,8H2,1H3,(H,19,20). The molecular formula is C13H16F4N2O. The Morgan fingerprint density at radius 3 is 2.55 bits per heavy atom. The topological polar surface area (TPSA) is 41.1 Å². The van der Waals surface area contributed by atoms with Crippen molar-refractivity contribution in [3.63, 3.8) is 0 Å². The van der Waals surface area contributed by atoms with Gasteiger partial charge in [0.25, 0.3) is 0 Å². The lowest BCUT2D eigenvalue weighted by atomic mass is 10.1. The molecule has 2 N–H and O–H groups in total. The van der Waals surface area contributed by atoms with Gasteiger partial charge < -0.3 is 10.6 Å². The van der Waals surface area contributed by atoms with Gasteiger partial charge in [0.05, 0.1) is 5.56 Å². The molecule has 0 saturated carbocycles. The van der Waals surface area contributed by atoms with E-state index in [-0.39, 0.29) is 24.4 Å². The summed E-state index contributed by atoms with van der Waals surface area (Å²) >= 11 is 0. The van der Waals surface area contributed by atoms with Crippen LogP contribution < -0.4 is 10.6 Å². The van der Waals surface area contributed by atoms with Gasteiger partial charge >= 0.3 is 6.18 Å². The molecule has 112 valence electrons. The van der Waals surface area contributed by atoms with Crippen LogP contribution in [-0.4, -0.2) is 19.0 Å². The first-order valence-corrected chi connectivity index (χ1v) is 6.17. The maximum absolute atomic E-state index is 13.1. The number of carbonyl (C=O) groups excluding carboxylic acids is 1.